The van der Waals surface area contributed by atoms with Gasteiger partial charge in [-0.3, -0.25) is 0 Å². The van der Waals surface area contributed by atoms with Crippen molar-refractivity contribution in [3.05, 3.63) is 83.7 Å². The van der Waals surface area contributed by atoms with Crippen LogP contribution in [0.25, 0.3) is 0 Å². The second-order valence-electron chi connectivity index (χ2n) is 6.05. The maximum atomic E-state index is 13.8. The molecule has 0 amide bonds. The molecule has 3 rings (SSSR count). The molecular weight excluding hydrogens is 343 g/mol. The first kappa shape index (κ1) is 18.6. The molecule has 140 valence electrons. The molecule has 0 unspecified atom stereocenters. The van der Waals surface area contributed by atoms with E-state index in [9.17, 15) is 4.39 Å². The van der Waals surface area contributed by atoms with Gasteiger partial charge < -0.3 is 10.6 Å². The van der Waals surface area contributed by atoms with E-state index in [-0.39, 0.29) is 5.82 Å². The number of rotatable bonds is 7. The van der Waals surface area contributed by atoms with Crippen LogP contribution in [0.2, 0.25) is 0 Å². The largest absolute Gasteiger partial charge is 0.357 e. The molecule has 0 aliphatic carbocycles. The van der Waals surface area contributed by atoms with E-state index in [0.717, 1.165) is 17.7 Å². The number of guanidine groups is 1. The van der Waals surface area contributed by atoms with Gasteiger partial charge in [0.05, 0.1) is 13.1 Å². The lowest BCUT2D eigenvalue weighted by Crippen LogP contribution is -2.37. The Morgan fingerprint density at radius 2 is 1.96 bits per heavy atom. The molecule has 0 aliphatic heterocycles. The van der Waals surface area contributed by atoms with Crippen LogP contribution in [0, 0.1) is 5.82 Å². The van der Waals surface area contributed by atoms with Crippen LogP contribution in [0.4, 0.5) is 4.39 Å². The van der Waals surface area contributed by atoms with Gasteiger partial charge in [0, 0.05) is 18.7 Å². The maximum Gasteiger partial charge on any atom is 0.191 e. The fourth-order valence-electron chi connectivity index (χ4n) is 2.66. The van der Waals surface area contributed by atoms with Gasteiger partial charge in [-0.25, -0.2) is 19.0 Å². The first-order valence-electron chi connectivity index (χ1n) is 8.90. The smallest absolute Gasteiger partial charge is 0.191 e. The maximum absolute atomic E-state index is 13.8. The fraction of sp³-hybridized carbons (Fsp3) is 0.250. The molecule has 7 heteroatoms. The number of hydrogen-bond acceptors (Lipinski definition) is 3. The lowest BCUT2D eigenvalue weighted by atomic mass is 10.1. The molecule has 2 N–H and O–H groups in total. The van der Waals surface area contributed by atoms with E-state index in [1.807, 2.05) is 25.1 Å². The highest BCUT2D eigenvalue weighted by molar-refractivity contribution is 5.79. The van der Waals surface area contributed by atoms with E-state index in [2.05, 4.69) is 37.8 Å². The average molecular weight is 366 g/mol. The third kappa shape index (κ3) is 5.64. The lowest BCUT2D eigenvalue weighted by molar-refractivity contribution is 0.604. The topological polar surface area (TPSA) is 67.1 Å². The summed E-state index contributed by atoms with van der Waals surface area (Å²) >= 11 is 0. The van der Waals surface area contributed by atoms with Crippen molar-refractivity contribution in [3.63, 3.8) is 0 Å². The van der Waals surface area contributed by atoms with Crippen LogP contribution in [-0.4, -0.2) is 27.3 Å². The van der Waals surface area contributed by atoms with Crippen molar-refractivity contribution in [2.75, 3.05) is 6.54 Å². The van der Waals surface area contributed by atoms with E-state index in [4.69, 9.17) is 0 Å². The zero-order valence-electron chi connectivity index (χ0n) is 15.3. The van der Waals surface area contributed by atoms with Crippen molar-refractivity contribution in [2.45, 2.75) is 26.6 Å². The molecule has 6 nitrogen and oxygen atoms in total. The van der Waals surface area contributed by atoms with Crippen molar-refractivity contribution in [3.8, 4) is 0 Å². The Labute approximate surface area is 158 Å². The number of halogens is 1. The molecule has 0 saturated heterocycles. The Bertz CT molecular complexity index is 876. The molecule has 0 saturated carbocycles. The first-order chi connectivity index (χ1) is 13.2. The minimum atomic E-state index is -0.221. The van der Waals surface area contributed by atoms with Gasteiger partial charge in [0.15, 0.2) is 5.96 Å². The highest BCUT2D eigenvalue weighted by Crippen LogP contribution is 2.08. The molecule has 0 aliphatic rings. The molecule has 0 bridgehead atoms. The number of aliphatic imine (C=N–C) groups is 1. The molecule has 0 atom stereocenters. The number of nitrogens with zero attached hydrogens (tertiary/aromatic N) is 4. The standard InChI is InChI=1S/C20H23FN6/c1-2-23-20(25-12-18-8-3-4-9-19(18)21)24-11-16-6-5-7-17(10-16)13-27-15-22-14-26-27/h3-10,14-15H,2,11-13H2,1H3,(H2,23,24,25). The summed E-state index contributed by atoms with van der Waals surface area (Å²) in [7, 11) is 0. The van der Waals surface area contributed by atoms with E-state index in [0.29, 0.717) is 31.2 Å². The number of nitrogens with one attached hydrogen (secondary N) is 2. The molecular formula is C20H23FN6. The SMILES string of the molecule is CCNC(=NCc1cccc(Cn2cncn2)c1)NCc1ccccc1F. The van der Waals surface area contributed by atoms with Crippen LogP contribution in [-0.2, 0) is 19.6 Å². The fourth-order valence-corrected chi connectivity index (χ4v) is 2.66. The van der Waals surface area contributed by atoms with Gasteiger partial charge in [-0.2, -0.15) is 5.10 Å². The van der Waals surface area contributed by atoms with Crippen LogP contribution < -0.4 is 10.6 Å². The lowest BCUT2D eigenvalue weighted by Gasteiger charge is -2.12. The van der Waals surface area contributed by atoms with Crippen LogP contribution in [0.15, 0.2) is 66.2 Å². The van der Waals surface area contributed by atoms with Gasteiger partial charge in [-0.1, -0.05) is 42.5 Å². The van der Waals surface area contributed by atoms with Crippen LogP contribution in [0.5, 0.6) is 0 Å². The summed E-state index contributed by atoms with van der Waals surface area (Å²) in [6.45, 7) is 4.31. The van der Waals surface area contributed by atoms with Crippen LogP contribution in [0.3, 0.4) is 0 Å². The second kappa shape index (κ2) is 9.47. The Balaban J connectivity index is 1.63. The van der Waals surface area contributed by atoms with Gasteiger partial charge in [0.25, 0.3) is 0 Å². The molecule has 1 heterocycles. The summed E-state index contributed by atoms with van der Waals surface area (Å²) in [6, 6.07) is 14.9. The summed E-state index contributed by atoms with van der Waals surface area (Å²) in [5.74, 6) is 0.434. The van der Waals surface area contributed by atoms with Crippen molar-refractivity contribution < 1.29 is 4.39 Å². The van der Waals surface area contributed by atoms with Crippen LogP contribution in [0.1, 0.15) is 23.6 Å². The second-order valence-corrected chi connectivity index (χ2v) is 6.05. The predicted molar refractivity (Wildman–Crippen MR) is 104 cm³/mol. The quantitative estimate of drug-likeness (QED) is 0.498. The van der Waals surface area contributed by atoms with Gasteiger partial charge in [0.2, 0.25) is 0 Å². The van der Waals surface area contributed by atoms with E-state index in [1.54, 1.807) is 23.1 Å². The van der Waals surface area contributed by atoms with E-state index >= 15 is 0 Å². The van der Waals surface area contributed by atoms with Crippen molar-refractivity contribution >= 4 is 5.96 Å². The number of aromatic nitrogens is 3. The monoisotopic (exact) mass is 366 g/mol. The summed E-state index contributed by atoms with van der Waals surface area (Å²) < 4.78 is 15.5. The predicted octanol–water partition coefficient (Wildman–Crippen LogP) is 2.72. The van der Waals surface area contributed by atoms with Gasteiger partial charge in [0.1, 0.15) is 18.5 Å². The summed E-state index contributed by atoms with van der Waals surface area (Å²) in [5, 5.41) is 10.5. The Morgan fingerprint density at radius 3 is 2.74 bits per heavy atom. The Kier molecular flexibility index (Phi) is 6.51. The minimum absolute atomic E-state index is 0.221. The molecule has 0 radical (unpaired) electrons. The van der Waals surface area contributed by atoms with Crippen molar-refractivity contribution in [1.82, 2.24) is 25.4 Å². The minimum Gasteiger partial charge on any atom is -0.357 e. The molecule has 27 heavy (non-hydrogen) atoms. The van der Waals surface area contributed by atoms with Gasteiger partial charge >= 0.3 is 0 Å². The zero-order valence-corrected chi connectivity index (χ0v) is 15.3. The van der Waals surface area contributed by atoms with Gasteiger partial charge in [-0.05, 0) is 24.1 Å². The number of benzene rings is 2. The molecule has 1 aromatic heterocycles. The normalized spacial score (nSPS) is 11.4. The highest BCUT2D eigenvalue weighted by Gasteiger charge is 2.03. The summed E-state index contributed by atoms with van der Waals surface area (Å²) in [4.78, 5) is 8.56. The number of hydrogen-bond donors (Lipinski definition) is 2. The van der Waals surface area contributed by atoms with Gasteiger partial charge in [-0.15, -0.1) is 0 Å². The molecule has 0 fully saturated rings. The summed E-state index contributed by atoms with van der Waals surface area (Å²) in [5.41, 5.74) is 2.84. The van der Waals surface area contributed by atoms with E-state index < -0.39 is 0 Å². The average Bonchev–Trinajstić information content (AvgIpc) is 3.18. The molecule has 2 aromatic carbocycles. The van der Waals surface area contributed by atoms with Crippen molar-refractivity contribution in [2.24, 2.45) is 4.99 Å². The first-order valence-corrected chi connectivity index (χ1v) is 8.90. The Morgan fingerprint density at radius 1 is 1.11 bits per heavy atom. The molecule has 0 spiro atoms. The zero-order chi connectivity index (χ0) is 18.9. The van der Waals surface area contributed by atoms with E-state index in [1.165, 1.54) is 12.4 Å². The highest BCUT2D eigenvalue weighted by atomic mass is 19.1. The molecule has 3 aromatic rings. The summed E-state index contributed by atoms with van der Waals surface area (Å²) in [6.07, 6.45) is 3.22. The van der Waals surface area contributed by atoms with Crippen LogP contribution >= 0.6 is 0 Å². The third-order valence-corrected chi connectivity index (χ3v) is 3.97. The Hall–Kier alpha value is -3.22. The van der Waals surface area contributed by atoms with Crippen molar-refractivity contribution in [1.29, 1.82) is 0 Å². The third-order valence-electron chi connectivity index (χ3n) is 3.97.